The summed E-state index contributed by atoms with van der Waals surface area (Å²) in [6, 6.07) is 36.7. The summed E-state index contributed by atoms with van der Waals surface area (Å²) >= 11 is 0. The van der Waals surface area contributed by atoms with Crippen LogP contribution in [0.1, 0.15) is 11.0 Å². The highest BCUT2D eigenvalue weighted by molar-refractivity contribution is 6.29. The number of fused-ring (bicyclic) bond motifs is 12. The van der Waals surface area contributed by atoms with Crippen molar-refractivity contribution in [1.29, 1.82) is 0 Å². The maximum absolute atomic E-state index is 9.56. The van der Waals surface area contributed by atoms with Gasteiger partial charge in [-0.1, -0.05) is 145 Å². The fourth-order valence-electron chi connectivity index (χ4n) is 7.97. The molecule has 11 rings (SSSR count). The smallest absolute Gasteiger partial charge is 0.136 e. The van der Waals surface area contributed by atoms with Crippen LogP contribution in [0.25, 0.3) is 109 Å². The second-order valence-electron chi connectivity index (χ2n) is 12.6. The van der Waals surface area contributed by atoms with Gasteiger partial charge < -0.3 is 4.42 Å². The van der Waals surface area contributed by atoms with Crippen LogP contribution < -0.4 is 0 Å². The van der Waals surface area contributed by atoms with E-state index in [0.717, 1.165) is 53.9 Å². The molecule has 0 N–H and O–H groups in total. The molecule has 0 aliphatic heterocycles. The minimum Gasteiger partial charge on any atom is -0.456 e. The summed E-state index contributed by atoms with van der Waals surface area (Å²) < 4.78 is 80.3. The molecule has 226 valence electrons. The SMILES string of the molecule is [2H]c1c([2H])c([2H])c2c(-c3cc4ccc5ccccc5c4c4ccccc34)c3c([2H])c([2H])c([2H])c([2H])c3c(-c3ccc4oc5ccc6ccccc6c5c4c3)c2c1[2H]. The first-order chi connectivity index (χ1) is 27.6. The van der Waals surface area contributed by atoms with Gasteiger partial charge in [-0.05, 0) is 111 Å². The quantitative estimate of drug-likeness (QED) is 0.137. The van der Waals surface area contributed by atoms with Gasteiger partial charge in [0.05, 0.1) is 11.0 Å². The Morgan fingerprint density at radius 1 is 0.367 bits per heavy atom. The van der Waals surface area contributed by atoms with Crippen LogP contribution in [0.5, 0.6) is 0 Å². The Kier molecular flexibility index (Phi) is 4.10. The Hall–Kier alpha value is -6.44. The van der Waals surface area contributed by atoms with Crippen LogP contribution in [0.2, 0.25) is 0 Å². The number of hydrogen-bond donors (Lipinski definition) is 0. The lowest BCUT2D eigenvalue weighted by molar-refractivity contribution is 0.669. The summed E-state index contributed by atoms with van der Waals surface area (Å²) in [6.07, 6.45) is 0. The first kappa shape index (κ1) is 20.0. The Morgan fingerprint density at radius 3 is 1.59 bits per heavy atom. The molecule has 0 bridgehead atoms. The predicted molar refractivity (Wildman–Crippen MR) is 210 cm³/mol. The predicted octanol–water partition coefficient (Wildman–Crippen LogP) is 13.8. The lowest BCUT2D eigenvalue weighted by atomic mass is 9.83. The molecule has 0 unspecified atom stereocenters. The molecule has 1 nitrogen and oxygen atoms in total. The highest BCUT2D eigenvalue weighted by atomic mass is 16.3. The van der Waals surface area contributed by atoms with Crippen LogP contribution in [0, 0.1) is 0 Å². The van der Waals surface area contributed by atoms with Gasteiger partial charge in [0.25, 0.3) is 0 Å². The summed E-state index contributed by atoms with van der Waals surface area (Å²) in [4.78, 5) is 0. The minimum atomic E-state index is -0.435. The van der Waals surface area contributed by atoms with E-state index >= 15 is 0 Å². The van der Waals surface area contributed by atoms with Crippen molar-refractivity contribution in [2.75, 3.05) is 0 Å². The molecule has 0 aliphatic carbocycles. The Balaban J connectivity index is 1.39. The topological polar surface area (TPSA) is 13.1 Å². The molecular formula is C48H28O. The van der Waals surface area contributed by atoms with Gasteiger partial charge in [-0.25, -0.2) is 0 Å². The maximum Gasteiger partial charge on any atom is 0.136 e. The minimum absolute atomic E-state index is 0.174. The Labute approximate surface area is 293 Å². The highest BCUT2D eigenvalue weighted by Gasteiger charge is 2.20. The van der Waals surface area contributed by atoms with E-state index in [9.17, 15) is 5.48 Å². The van der Waals surface area contributed by atoms with Crippen LogP contribution in [-0.2, 0) is 0 Å². The average Bonchev–Trinajstić information content (AvgIpc) is 3.63. The van der Waals surface area contributed by atoms with Crippen LogP contribution in [-0.4, -0.2) is 0 Å². The normalized spacial score (nSPS) is 14.4. The van der Waals surface area contributed by atoms with Gasteiger partial charge in [-0.2, -0.15) is 0 Å². The molecule has 0 saturated carbocycles. The van der Waals surface area contributed by atoms with E-state index in [2.05, 4.69) is 12.1 Å². The summed E-state index contributed by atoms with van der Waals surface area (Å²) in [5.74, 6) is 0. The summed E-state index contributed by atoms with van der Waals surface area (Å²) in [7, 11) is 0. The van der Waals surface area contributed by atoms with E-state index < -0.39 is 24.2 Å². The molecule has 1 aromatic heterocycles. The van der Waals surface area contributed by atoms with Gasteiger partial charge in [0, 0.05) is 10.8 Å². The molecule has 10 aromatic carbocycles. The van der Waals surface area contributed by atoms with Crippen molar-refractivity contribution in [2.45, 2.75) is 0 Å². The molecule has 0 spiro atoms. The number of hydrogen-bond acceptors (Lipinski definition) is 1. The zero-order chi connectivity index (χ0) is 39.0. The fourth-order valence-corrected chi connectivity index (χ4v) is 7.97. The first-order valence-electron chi connectivity index (χ1n) is 20.3. The van der Waals surface area contributed by atoms with Gasteiger partial charge in [0.15, 0.2) is 0 Å². The third-order valence-corrected chi connectivity index (χ3v) is 10.0. The van der Waals surface area contributed by atoms with E-state index in [4.69, 9.17) is 9.90 Å². The van der Waals surface area contributed by atoms with Gasteiger partial charge in [-0.15, -0.1) is 0 Å². The summed E-state index contributed by atoms with van der Waals surface area (Å²) in [5, 5.41) is 10.1. The van der Waals surface area contributed by atoms with Crippen molar-refractivity contribution in [1.82, 2.24) is 0 Å². The molecule has 1 heteroatoms. The van der Waals surface area contributed by atoms with Gasteiger partial charge in [0.1, 0.15) is 11.2 Å². The second-order valence-corrected chi connectivity index (χ2v) is 12.6. The van der Waals surface area contributed by atoms with Crippen molar-refractivity contribution in [3.8, 4) is 22.3 Å². The lowest BCUT2D eigenvalue weighted by Gasteiger charge is -2.20. The third kappa shape index (κ3) is 3.76. The van der Waals surface area contributed by atoms with Gasteiger partial charge >= 0.3 is 0 Å². The largest absolute Gasteiger partial charge is 0.456 e. The molecule has 0 amide bonds. The second kappa shape index (κ2) is 10.0. The zero-order valence-corrected chi connectivity index (χ0v) is 26.0. The number of rotatable bonds is 2. The molecule has 0 atom stereocenters. The fraction of sp³-hybridized carbons (Fsp3) is 0. The maximum atomic E-state index is 9.56. The van der Waals surface area contributed by atoms with Crippen molar-refractivity contribution in [3.63, 3.8) is 0 Å². The lowest BCUT2D eigenvalue weighted by Crippen LogP contribution is -1.92. The van der Waals surface area contributed by atoms with Crippen molar-refractivity contribution in [3.05, 3.63) is 170 Å². The monoisotopic (exact) mass is 628 g/mol. The van der Waals surface area contributed by atoms with Crippen LogP contribution >= 0.6 is 0 Å². The number of benzene rings is 10. The molecule has 1 heterocycles. The zero-order valence-electron chi connectivity index (χ0n) is 34.0. The average molecular weight is 629 g/mol. The van der Waals surface area contributed by atoms with Gasteiger partial charge in [0.2, 0.25) is 0 Å². The van der Waals surface area contributed by atoms with E-state index in [1.165, 1.54) is 0 Å². The van der Waals surface area contributed by atoms with Crippen molar-refractivity contribution in [2.24, 2.45) is 0 Å². The van der Waals surface area contributed by atoms with Crippen LogP contribution in [0.4, 0.5) is 0 Å². The van der Waals surface area contributed by atoms with Crippen LogP contribution in [0.15, 0.2) is 174 Å². The molecule has 11 aromatic rings. The molecule has 0 aliphatic rings. The van der Waals surface area contributed by atoms with E-state index in [0.29, 0.717) is 33.4 Å². The summed E-state index contributed by atoms with van der Waals surface area (Å²) in [6.45, 7) is 0. The number of furan rings is 1. The molecule has 49 heavy (non-hydrogen) atoms. The first-order valence-corrected chi connectivity index (χ1v) is 16.3. The summed E-state index contributed by atoms with van der Waals surface area (Å²) in [5.41, 5.74) is 3.07. The molecule has 0 saturated heterocycles. The standard InChI is InChI=1S/C48H28O/c1-3-13-33-29(11-1)21-22-31-27-41(35-15-5-6-16-36(35)45(31)33)47-39-19-9-7-17-37(39)46(38-18-8-10-20-40(38)47)32-24-25-43-42(28-32)48-34-14-4-2-12-30(34)23-26-44(48)49-43/h1-28H/i7D,8D,9D,10D,17D,18D,19D,20D. The Morgan fingerprint density at radius 2 is 0.898 bits per heavy atom. The van der Waals surface area contributed by atoms with E-state index in [1.54, 1.807) is 6.07 Å². The van der Waals surface area contributed by atoms with Gasteiger partial charge in [-0.3, -0.25) is 0 Å². The molecular weight excluding hydrogens is 593 g/mol. The highest BCUT2D eigenvalue weighted by Crippen LogP contribution is 2.48. The van der Waals surface area contributed by atoms with Crippen molar-refractivity contribution >= 4 is 86.6 Å². The van der Waals surface area contributed by atoms with E-state index in [-0.39, 0.29) is 45.7 Å². The Bertz CT molecular complexity index is 3540. The van der Waals surface area contributed by atoms with Crippen LogP contribution in [0.3, 0.4) is 0 Å². The van der Waals surface area contributed by atoms with E-state index in [1.807, 2.05) is 103 Å². The molecule has 0 radical (unpaired) electrons. The van der Waals surface area contributed by atoms with Crippen molar-refractivity contribution < 1.29 is 15.4 Å². The third-order valence-electron chi connectivity index (χ3n) is 10.0. The molecule has 0 fully saturated rings.